The highest BCUT2D eigenvalue weighted by atomic mass is 32.2. The van der Waals surface area contributed by atoms with Gasteiger partial charge in [-0.25, -0.2) is 18.1 Å². The Hall–Kier alpha value is -2.78. The van der Waals surface area contributed by atoms with E-state index < -0.39 is 10.0 Å². The first-order valence-electron chi connectivity index (χ1n) is 10.4. The minimum Gasteiger partial charge on any atom is -0.348 e. The van der Waals surface area contributed by atoms with Crippen LogP contribution in [0, 0.1) is 6.92 Å². The lowest BCUT2D eigenvalue weighted by Crippen LogP contribution is -2.30. The lowest BCUT2D eigenvalue weighted by Gasteiger charge is -2.18. The van der Waals surface area contributed by atoms with Gasteiger partial charge in [-0.1, -0.05) is 26.0 Å². The van der Waals surface area contributed by atoms with E-state index in [1.807, 2.05) is 32.4 Å². The third kappa shape index (κ3) is 4.62. The zero-order valence-corrected chi connectivity index (χ0v) is 19.4. The van der Waals surface area contributed by atoms with Crippen molar-refractivity contribution in [3.05, 3.63) is 53.3 Å². The standard InChI is InChI=1S/C22H29N5O3S/c1-6-26(7-2)31(29,30)19-10-8-17(9-11-19)13-23-22(28)20-12-18-14-24-27(15(3)4)21(18)25-16(20)5/h8-12,14-15H,6-7,13H2,1-5H3,(H,23,28). The van der Waals surface area contributed by atoms with E-state index in [1.165, 1.54) is 4.31 Å². The van der Waals surface area contributed by atoms with Gasteiger partial charge in [0.15, 0.2) is 5.65 Å². The van der Waals surface area contributed by atoms with E-state index in [9.17, 15) is 13.2 Å². The van der Waals surface area contributed by atoms with Gasteiger partial charge in [0, 0.05) is 31.1 Å². The number of benzene rings is 1. The van der Waals surface area contributed by atoms with Crippen LogP contribution >= 0.6 is 0 Å². The fourth-order valence-corrected chi connectivity index (χ4v) is 4.90. The van der Waals surface area contributed by atoms with Gasteiger partial charge >= 0.3 is 0 Å². The first kappa shape index (κ1) is 22.9. The summed E-state index contributed by atoms with van der Waals surface area (Å²) in [6.45, 7) is 10.6. The molecule has 0 aliphatic carbocycles. The molecule has 0 saturated heterocycles. The highest BCUT2D eigenvalue weighted by Crippen LogP contribution is 2.20. The first-order valence-corrected chi connectivity index (χ1v) is 11.8. The van der Waals surface area contributed by atoms with Crippen molar-refractivity contribution >= 4 is 27.0 Å². The van der Waals surface area contributed by atoms with Crippen LogP contribution in [-0.4, -0.2) is 46.5 Å². The summed E-state index contributed by atoms with van der Waals surface area (Å²) in [5.74, 6) is -0.232. The summed E-state index contributed by atoms with van der Waals surface area (Å²) in [4.78, 5) is 17.6. The van der Waals surface area contributed by atoms with Crippen LogP contribution in [0.4, 0.5) is 0 Å². The Bertz CT molecular complexity index is 1180. The smallest absolute Gasteiger partial charge is 0.253 e. The number of fused-ring (bicyclic) bond motifs is 1. The largest absolute Gasteiger partial charge is 0.348 e. The van der Waals surface area contributed by atoms with Crippen molar-refractivity contribution in [2.45, 2.75) is 52.1 Å². The van der Waals surface area contributed by atoms with Crippen LogP contribution in [0.25, 0.3) is 11.0 Å². The molecule has 1 N–H and O–H groups in total. The second kappa shape index (κ2) is 9.15. The molecule has 0 unspecified atom stereocenters. The molecule has 8 nitrogen and oxygen atoms in total. The number of hydrogen-bond acceptors (Lipinski definition) is 5. The van der Waals surface area contributed by atoms with Crippen LogP contribution in [0.1, 0.15) is 55.4 Å². The van der Waals surface area contributed by atoms with Crippen LogP contribution in [-0.2, 0) is 16.6 Å². The summed E-state index contributed by atoms with van der Waals surface area (Å²) < 4.78 is 28.4. The Morgan fingerprint density at radius 2 is 1.81 bits per heavy atom. The summed E-state index contributed by atoms with van der Waals surface area (Å²) in [5.41, 5.74) is 2.70. The van der Waals surface area contributed by atoms with Crippen molar-refractivity contribution in [1.29, 1.82) is 0 Å². The maximum absolute atomic E-state index is 12.7. The second-order valence-electron chi connectivity index (χ2n) is 7.63. The van der Waals surface area contributed by atoms with E-state index >= 15 is 0 Å². The number of carbonyl (C=O) groups is 1. The third-order valence-electron chi connectivity index (χ3n) is 5.21. The first-order chi connectivity index (χ1) is 14.7. The normalized spacial score (nSPS) is 12.1. The Labute approximate surface area is 183 Å². The molecular weight excluding hydrogens is 414 g/mol. The summed E-state index contributed by atoms with van der Waals surface area (Å²) >= 11 is 0. The van der Waals surface area contributed by atoms with E-state index in [-0.39, 0.29) is 23.4 Å². The summed E-state index contributed by atoms with van der Waals surface area (Å²) in [5, 5.41) is 8.06. The van der Waals surface area contributed by atoms with Crippen molar-refractivity contribution in [2.75, 3.05) is 13.1 Å². The molecule has 0 aliphatic rings. The number of carbonyl (C=O) groups excluding carboxylic acids is 1. The van der Waals surface area contributed by atoms with Crippen LogP contribution < -0.4 is 5.32 Å². The SMILES string of the molecule is CCN(CC)S(=O)(=O)c1ccc(CNC(=O)c2cc3cnn(C(C)C)c3nc2C)cc1. The van der Waals surface area contributed by atoms with Crippen LogP contribution in [0.3, 0.4) is 0 Å². The molecule has 1 amide bonds. The number of hydrogen-bond donors (Lipinski definition) is 1. The lowest BCUT2D eigenvalue weighted by atomic mass is 10.1. The van der Waals surface area contributed by atoms with Gasteiger partial charge in [-0.3, -0.25) is 4.79 Å². The van der Waals surface area contributed by atoms with E-state index in [0.717, 1.165) is 16.6 Å². The summed E-state index contributed by atoms with van der Waals surface area (Å²) in [6.07, 6.45) is 1.72. The maximum Gasteiger partial charge on any atom is 0.253 e. The van der Waals surface area contributed by atoms with Crippen molar-refractivity contribution < 1.29 is 13.2 Å². The molecule has 0 radical (unpaired) electrons. The Balaban J connectivity index is 1.73. The highest BCUT2D eigenvalue weighted by molar-refractivity contribution is 7.89. The Kier molecular flexibility index (Phi) is 6.76. The Morgan fingerprint density at radius 1 is 1.16 bits per heavy atom. The van der Waals surface area contributed by atoms with Crippen molar-refractivity contribution in [3.8, 4) is 0 Å². The molecule has 1 aromatic carbocycles. The zero-order chi connectivity index (χ0) is 22.8. The number of pyridine rings is 1. The summed E-state index contributed by atoms with van der Waals surface area (Å²) in [6, 6.07) is 8.58. The number of rotatable bonds is 8. The molecule has 3 aromatic rings. The number of aromatic nitrogens is 3. The average molecular weight is 444 g/mol. The average Bonchev–Trinajstić information content (AvgIpc) is 3.15. The van der Waals surface area contributed by atoms with Gasteiger partial charge in [0.05, 0.1) is 22.3 Å². The lowest BCUT2D eigenvalue weighted by molar-refractivity contribution is 0.0950. The molecule has 166 valence electrons. The highest BCUT2D eigenvalue weighted by Gasteiger charge is 2.21. The monoisotopic (exact) mass is 443 g/mol. The quantitative estimate of drug-likeness (QED) is 0.576. The van der Waals surface area contributed by atoms with Crippen LogP contribution in [0.5, 0.6) is 0 Å². The minimum atomic E-state index is -3.49. The van der Waals surface area contributed by atoms with E-state index in [1.54, 1.807) is 43.5 Å². The van der Waals surface area contributed by atoms with Gasteiger partial charge in [-0.05, 0) is 44.5 Å². The van der Waals surface area contributed by atoms with E-state index in [2.05, 4.69) is 15.4 Å². The predicted molar refractivity (Wildman–Crippen MR) is 120 cm³/mol. The molecular formula is C22H29N5O3S. The maximum atomic E-state index is 12.7. The van der Waals surface area contributed by atoms with Crippen molar-refractivity contribution in [1.82, 2.24) is 24.4 Å². The molecule has 9 heteroatoms. The molecule has 31 heavy (non-hydrogen) atoms. The molecule has 2 aromatic heterocycles. The van der Waals surface area contributed by atoms with Gasteiger partial charge in [0.1, 0.15) is 0 Å². The molecule has 0 atom stereocenters. The van der Waals surface area contributed by atoms with E-state index in [0.29, 0.717) is 24.3 Å². The third-order valence-corrected chi connectivity index (χ3v) is 7.28. The number of sulfonamides is 1. The molecule has 0 saturated carbocycles. The number of aryl methyl sites for hydroxylation is 1. The van der Waals surface area contributed by atoms with Crippen LogP contribution in [0.15, 0.2) is 41.4 Å². The molecule has 0 bridgehead atoms. The molecule has 2 heterocycles. The van der Waals surface area contributed by atoms with Gasteiger partial charge in [0.25, 0.3) is 5.91 Å². The molecule has 3 rings (SSSR count). The van der Waals surface area contributed by atoms with Gasteiger partial charge in [0.2, 0.25) is 10.0 Å². The fraction of sp³-hybridized carbons (Fsp3) is 0.409. The number of nitrogens with one attached hydrogen (secondary N) is 1. The topological polar surface area (TPSA) is 97.2 Å². The molecule has 0 fully saturated rings. The van der Waals surface area contributed by atoms with Gasteiger partial charge in [-0.15, -0.1) is 0 Å². The van der Waals surface area contributed by atoms with Gasteiger partial charge in [-0.2, -0.15) is 9.40 Å². The van der Waals surface area contributed by atoms with Crippen LogP contribution in [0.2, 0.25) is 0 Å². The Morgan fingerprint density at radius 3 is 2.39 bits per heavy atom. The minimum absolute atomic E-state index is 0.178. The van der Waals surface area contributed by atoms with Gasteiger partial charge < -0.3 is 5.32 Å². The van der Waals surface area contributed by atoms with Crippen molar-refractivity contribution in [2.24, 2.45) is 0 Å². The fourth-order valence-electron chi connectivity index (χ4n) is 3.44. The summed E-state index contributed by atoms with van der Waals surface area (Å²) in [7, 11) is -3.49. The number of nitrogens with zero attached hydrogens (tertiary/aromatic N) is 4. The second-order valence-corrected chi connectivity index (χ2v) is 9.57. The number of amides is 1. The van der Waals surface area contributed by atoms with E-state index in [4.69, 9.17) is 0 Å². The zero-order valence-electron chi connectivity index (χ0n) is 18.6. The molecule has 0 spiro atoms. The van der Waals surface area contributed by atoms with Crippen molar-refractivity contribution in [3.63, 3.8) is 0 Å². The predicted octanol–water partition coefficient (Wildman–Crippen LogP) is 3.28. The molecule has 0 aliphatic heterocycles.